The summed E-state index contributed by atoms with van der Waals surface area (Å²) < 4.78 is 5.23. The largest absolute Gasteiger partial charge is 0.361 e. The van der Waals surface area contributed by atoms with E-state index < -0.39 is 0 Å². The summed E-state index contributed by atoms with van der Waals surface area (Å²) in [6.07, 6.45) is 0. The minimum absolute atomic E-state index is 0. The number of hydrogen-bond donors (Lipinski definition) is 2. The average Bonchev–Trinajstić information content (AvgIpc) is 2.88. The number of guanidine groups is 1. The van der Waals surface area contributed by atoms with Gasteiger partial charge in [-0.3, -0.25) is 4.99 Å². The van der Waals surface area contributed by atoms with Crippen LogP contribution in [0.25, 0.3) is 0 Å². The molecule has 0 aliphatic carbocycles. The summed E-state index contributed by atoms with van der Waals surface area (Å²) in [6.45, 7) is 7.50. The molecule has 0 aliphatic rings. The van der Waals surface area contributed by atoms with E-state index in [-0.39, 0.29) is 29.9 Å². The fourth-order valence-electron chi connectivity index (χ4n) is 2.55. The first-order valence-corrected chi connectivity index (χ1v) is 8.00. The molecule has 0 spiro atoms. The molecule has 0 amide bonds. The van der Waals surface area contributed by atoms with Crippen molar-refractivity contribution in [3.05, 3.63) is 51.9 Å². The number of nitrogens with one attached hydrogen (secondary N) is 2. The number of aryl methyl sites for hydroxylation is 2. The van der Waals surface area contributed by atoms with E-state index in [2.05, 4.69) is 27.7 Å². The van der Waals surface area contributed by atoms with Crippen molar-refractivity contribution < 1.29 is 4.52 Å². The maximum atomic E-state index is 5.89. The number of nitrogens with zero attached hydrogens (tertiary/aromatic N) is 2. The van der Waals surface area contributed by atoms with Crippen LogP contribution in [0.15, 0.2) is 33.8 Å². The molecular weight excluding hydrogens is 439 g/mol. The van der Waals surface area contributed by atoms with Gasteiger partial charge in [-0.2, -0.15) is 0 Å². The Kier molecular flexibility index (Phi) is 8.55. The van der Waals surface area contributed by atoms with Gasteiger partial charge >= 0.3 is 0 Å². The summed E-state index contributed by atoms with van der Waals surface area (Å²) in [5.41, 5.74) is 3.25. The molecule has 2 aromatic rings. The van der Waals surface area contributed by atoms with Crippen LogP contribution in [0.3, 0.4) is 0 Å². The van der Waals surface area contributed by atoms with Crippen LogP contribution in [0, 0.1) is 13.8 Å². The van der Waals surface area contributed by atoms with Crippen molar-refractivity contribution in [2.24, 2.45) is 4.99 Å². The Balaban J connectivity index is 0.00000288. The SMILES string of the molecule is CN=C(NCc1ccc(Cl)cc1)NCC(C)c1c(C)noc1C.I. The minimum Gasteiger partial charge on any atom is -0.361 e. The third-order valence-electron chi connectivity index (χ3n) is 3.75. The van der Waals surface area contributed by atoms with Crippen LogP contribution in [0.1, 0.15) is 35.4 Å². The van der Waals surface area contributed by atoms with E-state index in [1.165, 1.54) is 0 Å². The van der Waals surface area contributed by atoms with Crippen molar-refractivity contribution in [3.8, 4) is 0 Å². The number of hydrogen-bond acceptors (Lipinski definition) is 3. The average molecular weight is 463 g/mol. The van der Waals surface area contributed by atoms with Crippen LogP contribution in [-0.4, -0.2) is 24.7 Å². The van der Waals surface area contributed by atoms with Crippen LogP contribution < -0.4 is 10.6 Å². The standard InChI is InChI=1S/C17H23ClN4O.HI/c1-11(16-12(2)22-23-13(16)3)9-20-17(19-4)21-10-14-5-7-15(18)8-6-14;/h5-8,11H,9-10H2,1-4H3,(H2,19,20,21);1H. The van der Waals surface area contributed by atoms with Crippen LogP contribution in [-0.2, 0) is 6.54 Å². The predicted octanol–water partition coefficient (Wildman–Crippen LogP) is 4.03. The molecule has 24 heavy (non-hydrogen) atoms. The van der Waals surface area contributed by atoms with E-state index in [4.69, 9.17) is 16.1 Å². The summed E-state index contributed by atoms with van der Waals surface area (Å²) in [4.78, 5) is 4.25. The van der Waals surface area contributed by atoms with Crippen molar-refractivity contribution in [2.45, 2.75) is 33.2 Å². The zero-order valence-electron chi connectivity index (χ0n) is 14.4. The maximum Gasteiger partial charge on any atom is 0.191 e. The lowest BCUT2D eigenvalue weighted by Gasteiger charge is -2.16. The monoisotopic (exact) mass is 462 g/mol. The second kappa shape index (κ2) is 9.88. The lowest BCUT2D eigenvalue weighted by molar-refractivity contribution is 0.391. The van der Waals surface area contributed by atoms with Gasteiger partial charge < -0.3 is 15.2 Å². The normalized spacial score (nSPS) is 12.5. The minimum atomic E-state index is 0. The van der Waals surface area contributed by atoms with Crippen molar-refractivity contribution >= 4 is 41.5 Å². The molecule has 0 saturated heterocycles. The third kappa shape index (κ3) is 5.66. The highest BCUT2D eigenvalue weighted by Crippen LogP contribution is 2.22. The molecule has 1 atom stereocenters. The Morgan fingerprint density at radius 3 is 2.46 bits per heavy atom. The molecule has 1 unspecified atom stereocenters. The number of rotatable bonds is 5. The highest BCUT2D eigenvalue weighted by molar-refractivity contribution is 14.0. The molecule has 0 saturated carbocycles. The predicted molar refractivity (Wildman–Crippen MR) is 109 cm³/mol. The smallest absolute Gasteiger partial charge is 0.191 e. The van der Waals surface area contributed by atoms with Gasteiger partial charge in [0.2, 0.25) is 0 Å². The van der Waals surface area contributed by atoms with E-state index in [1.807, 2.05) is 38.1 Å². The number of benzene rings is 1. The highest BCUT2D eigenvalue weighted by Gasteiger charge is 2.16. The number of aliphatic imine (C=N–C) groups is 1. The van der Waals surface area contributed by atoms with Crippen molar-refractivity contribution in [3.63, 3.8) is 0 Å². The van der Waals surface area contributed by atoms with Gasteiger partial charge in [0, 0.05) is 36.6 Å². The maximum absolute atomic E-state index is 5.89. The Morgan fingerprint density at radius 1 is 1.25 bits per heavy atom. The molecule has 2 N–H and O–H groups in total. The molecule has 0 radical (unpaired) electrons. The third-order valence-corrected chi connectivity index (χ3v) is 4.01. The van der Waals surface area contributed by atoms with Crippen LogP contribution in [0.5, 0.6) is 0 Å². The van der Waals surface area contributed by atoms with Crippen LogP contribution >= 0.6 is 35.6 Å². The van der Waals surface area contributed by atoms with E-state index >= 15 is 0 Å². The molecule has 7 heteroatoms. The molecule has 1 heterocycles. The van der Waals surface area contributed by atoms with Gasteiger partial charge in [0.25, 0.3) is 0 Å². The van der Waals surface area contributed by atoms with Gasteiger partial charge in [-0.1, -0.05) is 35.8 Å². The molecule has 0 bridgehead atoms. The molecule has 1 aromatic carbocycles. The fraction of sp³-hybridized carbons (Fsp3) is 0.412. The van der Waals surface area contributed by atoms with Crippen molar-refractivity contribution in [2.75, 3.05) is 13.6 Å². The van der Waals surface area contributed by atoms with E-state index in [9.17, 15) is 0 Å². The summed E-state index contributed by atoms with van der Waals surface area (Å²) >= 11 is 5.89. The molecule has 132 valence electrons. The summed E-state index contributed by atoms with van der Waals surface area (Å²) in [5, 5.41) is 11.4. The first kappa shape index (κ1) is 20.8. The Labute approximate surface area is 165 Å². The first-order chi connectivity index (χ1) is 11.0. The second-order valence-corrected chi connectivity index (χ2v) is 6.01. The zero-order chi connectivity index (χ0) is 16.8. The quantitative estimate of drug-likeness (QED) is 0.400. The number of aromatic nitrogens is 1. The van der Waals surface area contributed by atoms with Crippen molar-refractivity contribution in [1.82, 2.24) is 15.8 Å². The van der Waals surface area contributed by atoms with Gasteiger partial charge in [0.05, 0.1) is 5.69 Å². The molecular formula is C17H24ClIN4O. The summed E-state index contributed by atoms with van der Waals surface area (Å²) in [5.74, 6) is 1.93. The molecule has 1 aromatic heterocycles. The van der Waals surface area contributed by atoms with E-state index in [1.54, 1.807) is 7.05 Å². The highest BCUT2D eigenvalue weighted by atomic mass is 127. The summed E-state index contributed by atoms with van der Waals surface area (Å²) in [7, 11) is 1.76. The van der Waals surface area contributed by atoms with Crippen molar-refractivity contribution in [1.29, 1.82) is 0 Å². The molecule has 0 aliphatic heterocycles. The van der Waals surface area contributed by atoms with Crippen LogP contribution in [0.2, 0.25) is 5.02 Å². The van der Waals surface area contributed by atoms with E-state index in [0.29, 0.717) is 6.54 Å². The number of halogens is 2. The molecule has 2 rings (SSSR count). The molecule has 0 fully saturated rings. The van der Waals surface area contributed by atoms with Crippen LogP contribution in [0.4, 0.5) is 0 Å². The van der Waals surface area contributed by atoms with Gasteiger partial charge in [-0.25, -0.2) is 0 Å². The Bertz CT molecular complexity index is 650. The summed E-state index contributed by atoms with van der Waals surface area (Å²) in [6, 6.07) is 7.76. The Morgan fingerprint density at radius 2 is 1.92 bits per heavy atom. The molecule has 5 nitrogen and oxygen atoms in total. The lowest BCUT2D eigenvalue weighted by Crippen LogP contribution is -2.38. The van der Waals surface area contributed by atoms with Gasteiger partial charge in [-0.05, 0) is 31.5 Å². The van der Waals surface area contributed by atoms with Gasteiger partial charge in [0.1, 0.15) is 5.76 Å². The van der Waals surface area contributed by atoms with E-state index in [0.717, 1.165) is 40.1 Å². The Hall–Kier alpha value is -1.28. The van der Waals surface area contributed by atoms with Gasteiger partial charge in [0.15, 0.2) is 5.96 Å². The van der Waals surface area contributed by atoms with Gasteiger partial charge in [-0.15, -0.1) is 24.0 Å². The second-order valence-electron chi connectivity index (χ2n) is 5.57. The first-order valence-electron chi connectivity index (χ1n) is 7.63. The lowest BCUT2D eigenvalue weighted by atomic mass is 10.00. The topological polar surface area (TPSA) is 62.5 Å². The zero-order valence-corrected chi connectivity index (χ0v) is 17.5. The fourth-order valence-corrected chi connectivity index (χ4v) is 2.68.